The van der Waals surface area contributed by atoms with Crippen molar-refractivity contribution in [2.75, 3.05) is 20.1 Å². The molecule has 1 aromatic carbocycles. The van der Waals surface area contributed by atoms with Crippen molar-refractivity contribution < 1.29 is 4.79 Å². The summed E-state index contributed by atoms with van der Waals surface area (Å²) in [6, 6.07) is 10.3. The van der Waals surface area contributed by atoms with Crippen molar-refractivity contribution in [1.29, 1.82) is 0 Å². The van der Waals surface area contributed by atoms with E-state index in [2.05, 4.69) is 21.9 Å². The fourth-order valence-corrected chi connectivity index (χ4v) is 2.75. The summed E-state index contributed by atoms with van der Waals surface area (Å²) in [6.45, 7) is 4.71. The van der Waals surface area contributed by atoms with Gasteiger partial charge in [0.05, 0.1) is 6.04 Å². The molecule has 3 heteroatoms. The molecule has 0 radical (unpaired) electrons. The average Bonchev–Trinajstić information content (AvgIpc) is 2.75. The minimum atomic E-state index is -0.0479. The normalized spacial score (nSPS) is 17.9. The molecule has 1 fully saturated rings. The van der Waals surface area contributed by atoms with E-state index in [1.165, 1.54) is 18.4 Å². The zero-order valence-electron chi connectivity index (χ0n) is 12.7. The molecule has 110 valence electrons. The molecule has 1 aromatic rings. The van der Waals surface area contributed by atoms with Crippen LogP contribution in [0.5, 0.6) is 0 Å². The topological polar surface area (TPSA) is 23.6 Å². The Morgan fingerprint density at radius 3 is 2.35 bits per heavy atom. The first-order valence-electron chi connectivity index (χ1n) is 7.71. The number of likely N-dealkylation sites (tertiary alicyclic amines) is 1. The van der Waals surface area contributed by atoms with Crippen molar-refractivity contribution in [2.24, 2.45) is 0 Å². The molecule has 1 atom stereocenters. The van der Waals surface area contributed by atoms with E-state index < -0.39 is 0 Å². The van der Waals surface area contributed by atoms with Crippen LogP contribution < -0.4 is 0 Å². The maximum absolute atomic E-state index is 12.6. The van der Waals surface area contributed by atoms with Gasteiger partial charge in [-0.2, -0.15) is 0 Å². The molecule has 20 heavy (non-hydrogen) atoms. The van der Waals surface area contributed by atoms with Gasteiger partial charge in [0, 0.05) is 19.6 Å². The van der Waals surface area contributed by atoms with Crippen LogP contribution in [0.25, 0.3) is 0 Å². The zero-order valence-corrected chi connectivity index (χ0v) is 12.7. The molecule has 1 aliphatic heterocycles. The Balaban J connectivity index is 1.91. The molecule has 1 aliphatic rings. The third kappa shape index (κ3) is 4.07. The number of benzene rings is 1. The Morgan fingerprint density at radius 1 is 1.15 bits per heavy atom. The lowest BCUT2D eigenvalue weighted by Gasteiger charge is -2.29. The van der Waals surface area contributed by atoms with E-state index in [1.807, 2.05) is 32.2 Å². The van der Waals surface area contributed by atoms with Gasteiger partial charge >= 0.3 is 0 Å². The number of carbonyl (C=O) groups excluding carboxylic acids is 1. The highest BCUT2D eigenvalue weighted by atomic mass is 16.2. The second kappa shape index (κ2) is 7.44. The predicted molar refractivity (Wildman–Crippen MR) is 82.4 cm³/mol. The Bertz CT molecular complexity index is 410. The van der Waals surface area contributed by atoms with Crippen LogP contribution in [-0.4, -0.2) is 41.9 Å². The van der Waals surface area contributed by atoms with Gasteiger partial charge in [0.15, 0.2) is 0 Å². The highest BCUT2D eigenvalue weighted by Gasteiger charge is 2.24. The fourth-order valence-electron chi connectivity index (χ4n) is 2.75. The van der Waals surface area contributed by atoms with Crippen molar-refractivity contribution in [3.8, 4) is 0 Å². The van der Waals surface area contributed by atoms with Crippen LogP contribution in [0, 0.1) is 0 Å². The number of hydrogen-bond donors (Lipinski definition) is 0. The van der Waals surface area contributed by atoms with E-state index in [1.54, 1.807) is 0 Å². The third-order valence-corrected chi connectivity index (χ3v) is 4.21. The van der Waals surface area contributed by atoms with Crippen LogP contribution in [0.2, 0.25) is 0 Å². The molecule has 2 rings (SSSR count). The molecule has 1 amide bonds. The highest BCUT2D eigenvalue weighted by Crippen LogP contribution is 2.13. The standard InChI is InChI=1S/C17H26N2O/c1-15(17(20)19-12-8-3-4-9-13-19)18(2)14-16-10-6-5-7-11-16/h5-7,10-11,15H,3-4,8-9,12-14H2,1-2H3. The van der Waals surface area contributed by atoms with Crippen LogP contribution in [0.3, 0.4) is 0 Å². The lowest BCUT2D eigenvalue weighted by Crippen LogP contribution is -2.45. The van der Waals surface area contributed by atoms with E-state index in [9.17, 15) is 4.79 Å². The molecule has 0 N–H and O–H groups in total. The molecular formula is C17H26N2O. The minimum Gasteiger partial charge on any atom is -0.341 e. The maximum atomic E-state index is 12.6. The van der Waals surface area contributed by atoms with Gasteiger partial charge in [-0.3, -0.25) is 9.69 Å². The second-order valence-corrected chi connectivity index (χ2v) is 5.82. The number of amides is 1. The number of likely N-dealkylation sites (N-methyl/N-ethyl adjacent to an activating group) is 1. The van der Waals surface area contributed by atoms with Crippen LogP contribution in [0.15, 0.2) is 30.3 Å². The van der Waals surface area contributed by atoms with Gasteiger partial charge in [-0.25, -0.2) is 0 Å². The number of hydrogen-bond acceptors (Lipinski definition) is 2. The lowest BCUT2D eigenvalue weighted by molar-refractivity contribution is -0.136. The van der Waals surface area contributed by atoms with Gasteiger partial charge < -0.3 is 4.90 Å². The van der Waals surface area contributed by atoms with E-state index in [-0.39, 0.29) is 11.9 Å². The first-order chi connectivity index (χ1) is 9.68. The Morgan fingerprint density at radius 2 is 1.75 bits per heavy atom. The minimum absolute atomic E-state index is 0.0479. The molecule has 3 nitrogen and oxygen atoms in total. The second-order valence-electron chi connectivity index (χ2n) is 5.82. The first-order valence-corrected chi connectivity index (χ1v) is 7.71. The molecule has 1 unspecified atom stereocenters. The molecule has 0 aromatic heterocycles. The van der Waals surface area contributed by atoms with E-state index in [0.717, 1.165) is 32.5 Å². The fraction of sp³-hybridized carbons (Fsp3) is 0.588. The smallest absolute Gasteiger partial charge is 0.239 e. The van der Waals surface area contributed by atoms with Crippen molar-refractivity contribution in [3.05, 3.63) is 35.9 Å². The van der Waals surface area contributed by atoms with Crippen molar-refractivity contribution in [1.82, 2.24) is 9.80 Å². The molecule has 0 saturated carbocycles. The first kappa shape index (κ1) is 15.0. The summed E-state index contributed by atoms with van der Waals surface area (Å²) in [4.78, 5) is 16.8. The van der Waals surface area contributed by atoms with Crippen molar-refractivity contribution in [3.63, 3.8) is 0 Å². The SMILES string of the molecule is CC(C(=O)N1CCCCCC1)N(C)Cc1ccccc1. The number of carbonyl (C=O) groups is 1. The Labute approximate surface area is 122 Å². The maximum Gasteiger partial charge on any atom is 0.239 e. The molecule has 0 aliphatic carbocycles. The van der Waals surface area contributed by atoms with Crippen LogP contribution >= 0.6 is 0 Å². The zero-order chi connectivity index (χ0) is 14.4. The highest BCUT2D eigenvalue weighted by molar-refractivity contribution is 5.81. The van der Waals surface area contributed by atoms with Gasteiger partial charge in [0.2, 0.25) is 5.91 Å². The summed E-state index contributed by atoms with van der Waals surface area (Å²) in [5.74, 6) is 0.283. The average molecular weight is 274 g/mol. The Hall–Kier alpha value is -1.35. The lowest BCUT2D eigenvalue weighted by atomic mass is 10.2. The van der Waals surface area contributed by atoms with Gasteiger partial charge in [0.25, 0.3) is 0 Å². The van der Waals surface area contributed by atoms with Crippen LogP contribution in [0.1, 0.15) is 38.2 Å². The Kier molecular flexibility index (Phi) is 5.60. The van der Waals surface area contributed by atoms with Gasteiger partial charge in [-0.1, -0.05) is 43.2 Å². The van der Waals surface area contributed by atoms with E-state index >= 15 is 0 Å². The largest absolute Gasteiger partial charge is 0.341 e. The van der Waals surface area contributed by atoms with Crippen LogP contribution in [0.4, 0.5) is 0 Å². The van der Waals surface area contributed by atoms with Crippen LogP contribution in [-0.2, 0) is 11.3 Å². The third-order valence-electron chi connectivity index (χ3n) is 4.21. The van der Waals surface area contributed by atoms with Gasteiger partial charge in [0.1, 0.15) is 0 Å². The molecule has 0 bridgehead atoms. The molecule has 1 heterocycles. The molecule has 1 saturated heterocycles. The summed E-state index contributed by atoms with van der Waals surface area (Å²) in [5, 5.41) is 0. The van der Waals surface area contributed by atoms with Gasteiger partial charge in [-0.05, 0) is 32.4 Å². The quantitative estimate of drug-likeness (QED) is 0.843. The summed E-state index contributed by atoms with van der Waals surface area (Å²) >= 11 is 0. The monoisotopic (exact) mass is 274 g/mol. The summed E-state index contributed by atoms with van der Waals surface area (Å²) in [5.41, 5.74) is 1.26. The van der Waals surface area contributed by atoms with Crippen molar-refractivity contribution in [2.45, 2.75) is 45.2 Å². The number of rotatable bonds is 4. The van der Waals surface area contributed by atoms with Gasteiger partial charge in [-0.15, -0.1) is 0 Å². The van der Waals surface area contributed by atoms with E-state index in [0.29, 0.717) is 0 Å². The molecular weight excluding hydrogens is 248 g/mol. The predicted octanol–water partition coefficient (Wildman–Crippen LogP) is 2.91. The van der Waals surface area contributed by atoms with E-state index in [4.69, 9.17) is 0 Å². The van der Waals surface area contributed by atoms with Crippen molar-refractivity contribution >= 4 is 5.91 Å². The summed E-state index contributed by atoms with van der Waals surface area (Å²) in [7, 11) is 2.04. The summed E-state index contributed by atoms with van der Waals surface area (Å²) in [6.07, 6.45) is 4.83. The molecule has 0 spiro atoms. The summed E-state index contributed by atoms with van der Waals surface area (Å²) < 4.78 is 0. The number of nitrogens with zero attached hydrogens (tertiary/aromatic N) is 2.